The van der Waals surface area contributed by atoms with Gasteiger partial charge in [0.1, 0.15) is 6.54 Å². The highest BCUT2D eigenvalue weighted by Crippen LogP contribution is 2.24. The van der Waals surface area contributed by atoms with E-state index in [1.54, 1.807) is 0 Å². The minimum atomic E-state index is -0.111. The van der Waals surface area contributed by atoms with Gasteiger partial charge in [-0.1, -0.05) is 36.4 Å². The molecule has 3 aromatic rings. The molecule has 0 radical (unpaired) electrons. The van der Waals surface area contributed by atoms with Gasteiger partial charge in [-0.2, -0.15) is 0 Å². The summed E-state index contributed by atoms with van der Waals surface area (Å²) in [6.07, 6.45) is 0.855. The van der Waals surface area contributed by atoms with E-state index >= 15 is 0 Å². The normalized spacial score (nSPS) is 10.7. The van der Waals surface area contributed by atoms with Crippen molar-refractivity contribution in [3.63, 3.8) is 0 Å². The summed E-state index contributed by atoms with van der Waals surface area (Å²) in [6.45, 7) is 4.00. The molecule has 0 atom stereocenters. The predicted molar refractivity (Wildman–Crippen MR) is 91.9 cm³/mol. The Balaban J connectivity index is 1.93. The van der Waals surface area contributed by atoms with Crippen molar-refractivity contribution in [2.75, 3.05) is 5.32 Å². The second-order valence-electron chi connectivity index (χ2n) is 5.58. The van der Waals surface area contributed by atoms with Crippen LogP contribution in [0.3, 0.4) is 0 Å². The number of carbonyl (C=O) groups excluding carboxylic acids is 2. The number of para-hydroxylation sites is 2. The molecule has 0 aliphatic rings. The summed E-state index contributed by atoms with van der Waals surface area (Å²) in [5, 5.41) is 3.81. The zero-order chi connectivity index (χ0) is 16.4. The number of nitrogens with one attached hydrogen (secondary N) is 1. The number of anilines is 1. The maximum atomic E-state index is 12.4. The average molecular weight is 306 g/mol. The third kappa shape index (κ3) is 2.75. The minimum absolute atomic E-state index is 0.111. The van der Waals surface area contributed by atoms with Gasteiger partial charge >= 0.3 is 0 Å². The fourth-order valence-corrected chi connectivity index (χ4v) is 2.86. The smallest absolute Gasteiger partial charge is 0.244 e. The number of amides is 1. The van der Waals surface area contributed by atoms with Crippen LogP contribution in [0, 0.1) is 13.8 Å². The molecule has 0 bridgehead atoms. The van der Waals surface area contributed by atoms with Crippen LogP contribution in [0.2, 0.25) is 0 Å². The first-order chi connectivity index (χ1) is 11.1. The summed E-state index contributed by atoms with van der Waals surface area (Å²) >= 11 is 0. The Bertz CT molecular complexity index is 894. The van der Waals surface area contributed by atoms with Crippen LogP contribution in [0.4, 0.5) is 5.69 Å². The second kappa shape index (κ2) is 6.08. The number of aldehydes is 1. The second-order valence-corrected chi connectivity index (χ2v) is 5.58. The van der Waals surface area contributed by atoms with E-state index in [9.17, 15) is 9.59 Å². The molecule has 0 aliphatic carbocycles. The Hall–Kier alpha value is -2.88. The Morgan fingerprint density at radius 2 is 1.78 bits per heavy atom. The van der Waals surface area contributed by atoms with Crippen molar-refractivity contribution in [2.24, 2.45) is 0 Å². The van der Waals surface area contributed by atoms with Crippen LogP contribution in [0.5, 0.6) is 0 Å². The number of hydrogen-bond acceptors (Lipinski definition) is 2. The van der Waals surface area contributed by atoms with Gasteiger partial charge in [0.15, 0.2) is 6.29 Å². The number of nitrogens with zero attached hydrogens (tertiary/aromatic N) is 1. The highest BCUT2D eigenvalue weighted by Gasteiger charge is 2.15. The van der Waals surface area contributed by atoms with Crippen LogP contribution in [0.1, 0.15) is 21.6 Å². The van der Waals surface area contributed by atoms with Gasteiger partial charge in [-0.05, 0) is 31.5 Å². The molecule has 4 heteroatoms. The van der Waals surface area contributed by atoms with Gasteiger partial charge in [0, 0.05) is 27.8 Å². The van der Waals surface area contributed by atoms with E-state index < -0.39 is 0 Å². The van der Waals surface area contributed by atoms with Gasteiger partial charge in [0.25, 0.3) is 0 Å². The topological polar surface area (TPSA) is 51.1 Å². The largest absolute Gasteiger partial charge is 0.335 e. The number of benzene rings is 2. The highest BCUT2D eigenvalue weighted by atomic mass is 16.2. The molecule has 2 aromatic carbocycles. The molecule has 1 aromatic heterocycles. The van der Waals surface area contributed by atoms with E-state index in [1.807, 2.05) is 66.9 Å². The van der Waals surface area contributed by atoms with Crippen molar-refractivity contribution >= 4 is 28.8 Å². The first-order valence-electron chi connectivity index (χ1n) is 7.50. The molecule has 1 heterocycles. The van der Waals surface area contributed by atoms with Gasteiger partial charge in [0.05, 0.1) is 0 Å². The van der Waals surface area contributed by atoms with Crippen molar-refractivity contribution in [3.05, 3.63) is 65.4 Å². The summed E-state index contributed by atoms with van der Waals surface area (Å²) in [6, 6.07) is 15.3. The number of aromatic nitrogens is 1. The molecule has 1 amide bonds. The van der Waals surface area contributed by atoms with Crippen molar-refractivity contribution in [1.82, 2.24) is 4.57 Å². The minimum Gasteiger partial charge on any atom is -0.335 e. The quantitative estimate of drug-likeness (QED) is 0.747. The summed E-state index contributed by atoms with van der Waals surface area (Å²) in [7, 11) is 0. The van der Waals surface area contributed by atoms with Crippen LogP contribution in [-0.4, -0.2) is 16.8 Å². The van der Waals surface area contributed by atoms with Crippen LogP contribution in [0.15, 0.2) is 48.5 Å². The van der Waals surface area contributed by atoms with Crippen molar-refractivity contribution in [1.29, 1.82) is 0 Å². The van der Waals surface area contributed by atoms with Gasteiger partial charge in [-0.25, -0.2) is 0 Å². The molecule has 0 saturated heterocycles. The molecule has 0 saturated carbocycles. The molecule has 23 heavy (non-hydrogen) atoms. The molecule has 0 aliphatic heterocycles. The average Bonchev–Trinajstić information content (AvgIpc) is 2.81. The van der Waals surface area contributed by atoms with Gasteiger partial charge in [-0.15, -0.1) is 0 Å². The van der Waals surface area contributed by atoms with Gasteiger partial charge < -0.3 is 9.88 Å². The molecule has 0 unspecified atom stereocenters. The third-order valence-corrected chi connectivity index (χ3v) is 4.12. The van der Waals surface area contributed by atoms with Gasteiger partial charge in [-0.3, -0.25) is 9.59 Å². The Labute approximate surface area is 134 Å². The molecular weight excluding hydrogens is 288 g/mol. The van der Waals surface area contributed by atoms with Crippen LogP contribution < -0.4 is 5.32 Å². The number of hydrogen-bond donors (Lipinski definition) is 1. The summed E-state index contributed by atoms with van der Waals surface area (Å²) in [5.74, 6) is -0.111. The standard InChI is InChI=1S/C19H18N2O2/c1-13-7-3-5-9-17(13)20-19(23)11-21-14(2)16(12-22)15-8-4-6-10-18(15)21/h3-10,12H,11H2,1-2H3,(H,20,23). The van der Waals surface area contributed by atoms with Crippen LogP contribution in [0.25, 0.3) is 10.9 Å². The Morgan fingerprint density at radius 1 is 1.09 bits per heavy atom. The first kappa shape index (κ1) is 15.0. The molecule has 1 N–H and O–H groups in total. The SMILES string of the molecule is Cc1ccccc1NC(=O)Cn1c(C)c(C=O)c2ccccc21. The third-order valence-electron chi connectivity index (χ3n) is 4.12. The van der Waals surface area contributed by atoms with Crippen molar-refractivity contribution < 1.29 is 9.59 Å². The van der Waals surface area contributed by atoms with E-state index in [4.69, 9.17) is 0 Å². The lowest BCUT2D eigenvalue weighted by molar-refractivity contribution is -0.116. The molecular formula is C19H18N2O2. The van der Waals surface area contributed by atoms with E-state index in [-0.39, 0.29) is 12.5 Å². The van der Waals surface area contributed by atoms with E-state index in [0.717, 1.165) is 34.1 Å². The Kier molecular flexibility index (Phi) is 3.98. The summed E-state index contributed by atoms with van der Waals surface area (Å²) < 4.78 is 1.88. The van der Waals surface area contributed by atoms with Crippen molar-refractivity contribution in [3.8, 4) is 0 Å². The first-order valence-corrected chi connectivity index (χ1v) is 7.50. The summed E-state index contributed by atoms with van der Waals surface area (Å²) in [4.78, 5) is 23.8. The fraction of sp³-hybridized carbons (Fsp3) is 0.158. The maximum absolute atomic E-state index is 12.4. The van der Waals surface area contributed by atoms with Gasteiger partial charge in [0.2, 0.25) is 5.91 Å². The van der Waals surface area contributed by atoms with Crippen LogP contribution in [-0.2, 0) is 11.3 Å². The number of carbonyl (C=O) groups is 2. The molecule has 0 spiro atoms. The predicted octanol–water partition coefficient (Wildman–Crippen LogP) is 3.71. The van der Waals surface area contributed by atoms with E-state index in [0.29, 0.717) is 5.56 Å². The molecule has 116 valence electrons. The fourth-order valence-electron chi connectivity index (χ4n) is 2.86. The molecule has 4 nitrogen and oxygen atoms in total. The Morgan fingerprint density at radius 3 is 2.52 bits per heavy atom. The van der Waals surface area contributed by atoms with Crippen LogP contribution >= 0.6 is 0 Å². The zero-order valence-corrected chi connectivity index (χ0v) is 13.2. The van der Waals surface area contributed by atoms with E-state index in [2.05, 4.69) is 5.32 Å². The van der Waals surface area contributed by atoms with E-state index in [1.165, 1.54) is 0 Å². The monoisotopic (exact) mass is 306 g/mol. The lowest BCUT2D eigenvalue weighted by Crippen LogP contribution is -2.20. The maximum Gasteiger partial charge on any atom is 0.244 e. The number of aryl methyl sites for hydroxylation is 1. The highest BCUT2D eigenvalue weighted by molar-refractivity contribution is 6.00. The molecule has 3 rings (SSSR count). The van der Waals surface area contributed by atoms with Crippen molar-refractivity contribution in [2.45, 2.75) is 20.4 Å². The number of rotatable bonds is 4. The lowest BCUT2D eigenvalue weighted by Gasteiger charge is -2.11. The molecule has 0 fully saturated rings. The summed E-state index contributed by atoms with van der Waals surface area (Å²) in [5.41, 5.74) is 4.17. The zero-order valence-electron chi connectivity index (χ0n) is 13.2. The number of fused-ring (bicyclic) bond motifs is 1. The lowest BCUT2D eigenvalue weighted by atomic mass is 10.1.